The maximum Gasteiger partial charge on any atom is 0.224 e. The highest BCUT2D eigenvalue weighted by molar-refractivity contribution is 7.09. The van der Waals surface area contributed by atoms with E-state index in [1.807, 2.05) is 11.9 Å². The second-order valence-corrected chi connectivity index (χ2v) is 8.99. The zero-order valence-electron chi connectivity index (χ0n) is 16.6. The molecule has 1 saturated heterocycles. The van der Waals surface area contributed by atoms with E-state index in [1.165, 1.54) is 4.88 Å². The van der Waals surface area contributed by atoms with Crippen LogP contribution < -0.4 is 0 Å². The summed E-state index contributed by atoms with van der Waals surface area (Å²) in [4.78, 5) is 30.2. The summed E-state index contributed by atoms with van der Waals surface area (Å²) in [5.41, 5.74) is 0. The monoisotopic (exact) mass is 392 g/mol. The lowest BCUT2D eigenvalue weighted by Gasteiger charge is -2.35. The third-order valence-corrected chi connectivity index (χ3v) is 7.18. The van der Waals surface area contributed by atoms with Crippen LogP contribution in [0.1, 0.15) is 43.4 Å². The number of carbonyl (C=O) groups excluding carboxylic acids is 2. The van der Waals surface area contributed by atoms with Gasteiger partial charge < -0.3 is 14.5 Å². The maximum absolute atomic E-state index is 12.6. The second kappa shape index (κ2) is 9.69. The van der Waals surface area contributed by atoms with Crippen LogP contribution in [0.2, 0.25) is 0 Å². The summed E-state index contributed by atoms with van der Waals surface area (Å²) < 4.78 is 5.03. The molecule has 2 heterocycles. The number of nitrogens with zero attached hydrogens (tertiary/aromatic N) is 2. The summed E-state index contributed by atoms with van der Waals surface area (Å²) in [5, 5.41) is 2.09. The number of piperidine rings is 1. The summed E-state index contributed by atoms with van der Waals surface area (Å²) in [6, 6.07) is 4.53. The van der Waals surface area contributed by atoms with E-state index in [0.29, 0.717) is 43.2 Å². The molecule has 2 amide bonds. The van der Waals surface area contributed by atoms with Crippen molar-refractivity contribution in [1.29, 1.82) is 0 Å². The van der Waals surface area contributed by atoms with E-state index in [9.17, 15) is 9.59 Å². The zero-order chi connectivity index (χ0) is 19.2. The van der Waals surface area contributed by atoms with E-state index in [0.717, 1.165) is 45.2 Å². The third-order valence-electron chi connectivity index (χ3n) is 6.25. The minimum Gasteiger partial charge on any atom is -0.384 e. The normalized spacial score (nSPS) is 24.7. The summed E-state index contributed by atoms with van der Waals surface area (Å²) in [6.07, 6.45) is 6.22. The first kappa shape index (κ1) is 20.3. The first-order valence-electron chi connectivity index (χ1n) is 10.1. The fourth-order valence-corrected chi connectivity index (χ4v) is 5.34. The van der Waals surface area contributed by atoms with Gasteiger partial charge in [-0.1, -0.05) is 6.07 Å². The Morgan fingerprint density at radius 2 is 2.11 bits per heavy atom. The van der Waals surface area contributed by atoms with Crippen molar-refractivity contribution >= 4 is 23.2 Å². The molecule has 3 rings (SSSR count). The highest BCUT2D eigenvalue weighted by atomic mass is 32.1. The SMILES string of the molecule is COCCC(=O)N(C)[C@H]1C[C@H]2CCN(C(=O)CCCc3cccs3)C[C@H]2C1. The molecule has 1 aromatic rings. The van der Waals surface area contributed by atoms with Crippen LogP contribution >= 0.6 is 11.3 Å². The van der Waals surface area contributed by atoms with Gasteiger partial charge in [0, 0.05) is 44.6 Å². The van der Waals surface area contributed by atoms with Crippen molar-refractivity contribution in [2.75, 3.05) is 33.9 Å². The molecule has 0 unspecified atom stereocenters. The Labute approximate surface area is 166 Å². The van der Waals surface area contributed by atoms with Gasteiger partial charge in [0.25, 0.3) is 0 Å². The molecule has 6 heteroatoms. The Kier molecular flexibility index (Phi) is 7.30. The lowest BCUT2D eigenvalue weighted by molar-refractivity contribution is -0.134. The average Bonchev–Trinajstić information content (AvgIpc) is 3.34. The van der Waals surface area contributed by atoms with E-state index >= 15 is 0 Å². The number of aryl methyl sites for hydroxylation is 1. The van der Waals surface area contributed by atoms with Gasteiger partial charge in [0.2, 0.25) is 11.8 Å². The Morgan fingerprint density at radius 3 is 2.85 bits per heavy atom. The molecule has 27 heavy (non-hydrogen) atoms. The van der Waals surface area contributed by atoms with Crippen molar-refractivity contribution in [3.8, 4) is 0 Å². The molecule has 0 N–H and O–H groups in total. The second-order valence-electron chi connectivity index (χ2n) is 7.95. The Hall–Kier alpha value is -1.40. The first-order chi connectivity index (χ1) is 13.1. The number of ether oxygens (including phenoxy) is 1. The summed E-state index contributed by atoms with van der Waals surface area (Å²) in [5.74, 6) is 1.67. The number of thiophene rings is 1. The molecule has 0 aromatic carbocycles. The predicted octanol–water partition coefficient (Wildman–Crippen LogP) is 3.19. The quantitative estimate of drug-likeness (QED) is 0.683. The van der Waals surface area contributed by atoms with Crippen LogP contribution in [0.25, 0.3) is 0 Å². The van der Waals surface area contributed by atoms with E-state index in [2.05, 4.69) is 22.4 Å². The predicted molar refractivity (Wildman–Crippen MR) is 108 cm³/mol. The maximum atomic E-state index is 12.6. The van der Waals surface area contributed by atoms with Gasteiger partial charge in [0.05, 0.1) is 13.0 Å². The van der Waals surface area contributed by atoms with Crippen LogP contribution in [0.4, 0.5) is 0 Å². The summed E-state index contributed by atoms with van der Waals surface area (Å²) in [7, 11) is 3.55. The summed E-state index contributed by atoms with van der Waals surface area (Å²) in [6.45, 7) is 2.24. The van der Waals surface area contributed by atoms with Crippen LogP contribution in [0, 0.1) is 11.8 Å². The molecule has 2 aliphatic rings. The molecular formula is C21H32N2O3S. The van der Waals surface area contributed by atoms with Gasteiger partial charge in [-0.25, -0.2) is 0 Å². The van der Waals surface area contributed by atoms with Gasteiger partial charge in [-0.05, 0) is 55.4 Å². The minimum atomic E-state index is 0.169. The van der Waals surface area contributed by atoms with Gasteiger partial charge in [0.1, 0.15) is 0 Å². The Morgan fingerprint density at radius 1 is 1.30 bits per heavy atom. The van der Waals surface area contributed by atoms with Crippen molar-refractivity contribution in [2.24, 2.45) is 11.8 Å². The highest BCUT2D eigenvalue weighted by Gasteiger charge is 2.41. The van der Waals surface area contributed by atoms with E-state index in [4.69, 9.17) is 4.74 Å². The zero-order valence-corrected chi connectivity index (χ0v) is 17.4. The van der Waals surface area contributed by atoms with Crippen LogP contribution in [0.3, 0.4) is 0 Å². The average molecular weight is 393 g/mol. The molecule has 1 aliphatic carbocycles. The van der Waals surface area contributed by atoms with E-state index < -0.39 is 0 Å². The molecule has 1 aromatic heterocycles. The molecule has 0 spiro atoms. The van der Waals surface area contributed by atoms with Crippen LogP contribution in [0.5, 0.6) is 0 Å². The number of methoxy groups -OCH3 is 1. The van der Waals surface area contributed by atoms with Crippen molar-refractivity contribution in [2.45, 2.75) is 51.0 Å². The van der Waals surface area contributed by atoms with Crippen molar-refractivity contribution in [1.82, 2.24) is 9.80 Å². The molecule has 0 bridgehead atoms. The van der Waals surface area contributed by atoms with Gasteiger partial charge in [-0.3, -0.25) is 9.59 Å². The molecular weight excluding hydrogens is 360 g/mol. The topological polar surface area (TPSA) is 49.9 Å². The van der Waals surface area contributed by atoms with Gasteiger partial charge in [-0.15, -0.1) is 11.3 Å². The number of hydrogen-bond donors (Lipinski definition) is 0. The Balaban J connectivity index is 1.43. The molecule has 3 atom stereocenters. The standard InChI is InChI=1S/C21H32N2O3S/c1-22(20(24)9-11-26-2)18-13-16-8-10-23(15-17(16)14-18)21(25)7-3-5-19-6-4-12-27-19/h4,6,12,16-18H,3,5,7-11,13-15H2,1-2H3/t16-,17-,18+/m1/s1. The fraction of sp³-hybridized carbons (Fsp3) is 0.714. The molecule has 150 valence electrons. The Bertz CT molecular complexity index is 619. The third kappa shape index (κ3) is 5.32. The van der Waals surface area contributed by atoms with Gasteiger partial charge in [-0.2, -0.15) is 0 Å². The summed E-state index contributed by atoms with van der Waals surface area (Å²) >= 11 is 1.77. The lowest BCUT2D eigenvalue weighted by atomic mass is 9.88. The molecule has 1 aliphatic heterocycles. The van der Waals surface area contributed by atoms with Gasteiger partial charge in [0.15, 0.2) is 0 Å². The minimum absolute atomic E-state index is 0.169. The number of hydrogen-bond acceptors (Lipinski definition) is 4. The molecule has 5 nitrogen and oxygen atoms in total. The van der Waals surface area contributed by atoms with E-state index in [1.54, 1.807) is 18.4 Å². The van der Waals surface area contributed by atoms with Gasteiger partial charge >= 0.3 is 0 Å². The van der Waals surface area contributed by atoms with Crippen LogP contribution in [-0.2, 0) is 20.7 Å². The number of carbonyl (C=O) groups is 2. The molecule has 0 radical (unpaired) electrons. The fourth-order valence-electron chi connectivity index (χ4n) is 4.59. The highest BCUT2D eigenvalue weighted by Crippen LogP contribution is 2.40. The number of amides is 2. The largest absolute Gasteiger partial charge is 0.384 e. The molecule has 1 saturated carbocycles. The van der Waals surface area contributed by atoms with E-state index in [-0.39, 0.29) is 5.91 Å². The van der Waals surface area contributed by atoms with Crippen LogP contribution in [-0.4, -0.2) is 61.5 Å². The number of rotatable bonds is 8. The van der Waals surface area contributed by atoms with Crippen LogP contribution in [0.15, 0.2) is 17.5 Å². The lowest BCUT2D eigenvalue weighted by Crippen LogP contribution is -2.42. The van der Waals surface area contributed by atoms with Crippen molar-refractivity contribution in [3.05, 3.63) is 22.4 Å². The number of fused-ring (bicyclic) bond motifs is 1. The smallest absolute Gasteiger partial charge is 0.224 e. The van der Waals surface area contributed by atoms with Crippen molar-refractivity contribution < 1.29 is 14.3 Å². The van der Waals surface area contributed by atoms with Crippen molar-refractivity contribution in [3.63, 3.8) is 0 Å². The first-order valence-corrected chi connectivity index (χ1v) is 11.0. The molecule has 2 fully saturated rings. The number of likely N-dealkylation sites (tertiary alicyclic amines) is 1.